The van der Waals surface area contributed by atoms with Gasteiger partial charge in [-0.15, -0.1) is 0 Å². The van der Waals surface area contributed by atoms with Gasteiger partial charge in [-0.25, -0.2) is 13.8 Å². The van der Waals surface area contributed by atoms with Crippen molar-refractivity contribution >= 4 is 5.91 Å². The number of amides is 1. The van der Waals surface area contributed by atoms with Crippen LogP contribution in [0.2, 0.25) is 0 Å². The molecule has 1 saturated carbocycles. The highest BCUT2D eigenvalue weighted by Gasteiger charge is 2.41. The third kappa shape index (κ3) is 6.61. The summed E-state index contributed by atoms with van der Waals surface area (Å²) in [5.74, 6) is -1.55. The van der Waals surface area contributed by atoms with Crippen LogP contribution in [0.25, 0.3) is 0 Å². The lowest BCUT2D eigenvalue weighted by Gasteiger charge is -2.34. The molecule has 0 bridgehead atoms. The number of benzene rings is 1. The minimum absolute atomic E-state index is 0.0322. The minimum Gasteiger partial charge on any atom is -0.485 e. The second-order valence-corrected chi connectivity index (χ2v) is 10.3. The first-order valence-corrected chi connectivity index (χ1v) is 13.1. The SMILES string of the molecule is O=C(CN1CCNCC1)N1CCC(CNC2CC2c2cc(F)cc(F)c2OCc2cccnc2F)CC1. The largest absolute Gasteiger partial charge is 0.485 e. The molecule has 1 amide bonds. The quantitative estimate of drug-likeness (QED) is 0.499. The topological polar surface area (TPSA) is 69.7 Å². The number of piperazine rings is 1. The Labute approximate surface area is 215 Å². The highest BCUT2D eigenvalue weighted by atomic mass is 19.1. The first-order chi connectivity index (χ1) is 18.0. The number of pyridine rings is 1. The maximum absolute atomic E-state index is 14.6. The first-order valence-electron chi connectivity index (χ1n) is 13.1. The maximum Gasteiger partial charge on any atom is 0.236 e. The Morgan fingerprint density at radius 3 is 2.68 bits per heavy atom. The standard InChI is InChI=1S/C27H34F3N5O2/c28-20-12-22(26(23(29)13-20)37-17-19-2-1-5-32-27(19)30)21-14-24(21)33-15-18-3-8-35(9-4-18)25(36)16-34-10-6-31-7-11-34/h1-2,5,12-13,18,21,24,31,33H,3-4,6-11,14-17H2. The van der Waals surface area contributed by atoms with E-state index in [1.165, 1.54) is 18.3 Å². The third-order valence-electron chi connectivity index (χ3n) is 7.64. The summed E-state index contributed by atoms with van der Waals surface area (Å²) in [6, 6.07) is 5.31. The number of piperidine rings is 1. The van der Waals surface area contributed by atoms with Crippen LogP contribution < -0.4 is 15.4 Å². The van der Waals surface area contributed by atoms with E-state index in [2.05, 4.69) is 20.5 Å². The van der Waals surface area contributed by atoms with Gasteiger partial charge >= 0.3 is 0 Å². The summed E-state index contributed by atoms with van der Waals surface area (Å²) in [5.41, 5.74) is 0.674. The molecule has 1 aromatic heterocycles. The summed E-state index contributed by atoms with van der Waals surface area (Å²) in [4.78, 5) is 20.4. The van der Waals surface area contributed by atoms with Crippen LogP contribution in [0.3, 0.4) is 0 Å². The average Bonchev–Trinajstić information content (AvgIpc) is 3.68. The van der Waals surface area contributed by atoms with Crippen LogP contribution in [0.15, 0.2) is 30.5 Å². The molecule has 2 aromatic rings. The van der Waals surface area contributed by atoms with Gasteiger partial charge in [-0.2, -0.15) is 4.39 Å². The molecular formula is C27H34F3N5O2. The normalized spacial score (nSPS) is 22.7. The van der Waals surface area contributed by atoms with Crippen LogP contribution >= 0.6 is 0 Å². The number of hydrogen-bond donors (Lipinski definition) is 2. The number of rotatable bonds is 9. The van der Waals surface area contributed by atoms with Gasteiger partial charge in [0.15, 0.2) is 11.6 Å². The summed E-state index contributed by atoms with van der Waals surface area (Å²) in [5, 5.41) is 6.85. The molecule has 2 atom stereocenters. The van der Waals surface area contributed by atoms with E-state index in [9.17, 15) is 18.0 Å². The minimum atomic E-state index is -0.789. The number of hydrogen-bond acceptors (Lipinski definition) is 6. The lowest BCUT2D eigenvalue weighted by atomic mass is 9.96. The van der Waals surface area contributed by atoms with Gasteiger partial charge in [0.25, 0.3) is 0 Å². The molecule has 1 aromatic carbocycles. The summed E-state index contributed by atoms with van der Waals surface area (Å²) >= 11 is 0. The fourth-order valence-electron chi connectivity index (χ4n) is 5.31. The van der Waals surface area contributed by atoms with E-state index in [0.29, 0.717) is 18.0 Å². The highest BCUT2D eigenvalue weighted by molar-refractivity contribution is 5.78. The Morgan fingerprint density at radius 2 is 1.92 bits per heavy atom. The summed E-state index contributed by atoms with van der Waals surface area (Å²) in [7, 11) is 0. The molecule has 2 unspecified atom stereocenters. The zero-order valence-corrected chi connectivity index (χ0v) is 20.9. The second kappa shape index (κ2) is 11.8. The number of carbonyl (C=O) groups excluding carboxylic acids is 1. The van der Waals surface area contributed by atoms with Crippen LogP contribution in [0, 0.1) is 23.5 Å². The maximum atomic E-state index is 14.6. The summed E-state index contributed by atoms with van der Waals surface area (Å²) in [6.07, 6.45) is 3.97. The average molecular weight is 518 g/mol. The van der Waals surface area contributed by atoms with Crippen molar-refractivity contribution in [1.82, 2.24) is 25.4 Å². The summed E-state index contributed by atoms with van der Waals surface area (Å²) in [6.45, 7) is 6.34. The molecular weight excluding hydrogens is 483 g/mol. The molecule has 3 heterocycles. The van der Waals surface area contributed by atoms with Crippen molar-refractivity contribution in [2.24, 2.45) is 5.92 Å². The van der Waals surface area contributed by atoms with E-state index in [1.807, 2.05) is 4.90 Å². The van der Waals surface area contributed by atoms with Gasteiger partial charge in [-0.1, -0.05) is 0 Å². The van der Waals surface area contributed by atoms with E-state index in [0.717, 1.165) is 71.1 Å². The number of halogens is 3. The zero-order chi connectivity index (χ0) is 25.8. The van der Waals surface area contributed by atoms with Crippen LogP contribution in [-0.4, -0.2) is 79.1 Å². The Hall–Kier alpha value is -2.69. The first kappa shape index (κ1) is 25.9. The van der Waals surface area contributed by atoms with Gasteiger partial charge in [-0.05, 0) is 49.9 Å². The van der Waals surface area contributed by atoms with Gasteiger partial charge in [0.05, 0.1) is 6.54 Å². The van der Waals surface area contributed by atoms with Gasteiger partial charge < -0.3 is 20.3 Å². The number of carbonyl (C=O) groups is 1. The Bertz CT molecular complexity index is 1090. The van der Waals surface area contributed by atoms with Crippen molar-refractivity contribution in [2.75, 3.05) is 52.4 Å². The number of aromatic nitrogens is 1. The van der Waals surface area contributed by atoms with Crippen molar-refractivity contribution < 1.29 is 22.7 Å². The van der Waals surface area contributed by atoms with E-state index in [-0.39, 0.29) is 35.8 Å². The molecule has 1 aliphatic carbocycles. The third-order valence-corrected chi connectivity index (χ3v) is 7.64. The number of nitrogens with one attached hydrogen (secondary N) is 2. The van der Waals surface area contributed by atoms with E-state index in [1.54, 1.807) is 6.07 Å². The van der Waals surface area contributed by atoms with E-state index >= 15 is 0 Å². The van der Waals surface area contributed by atoms with Gasteiger partial charge in [-0.3, -0.25) is 9.69 Å². The Balaban J connectivity index is 1.10. The monoisotopic (exact) mass is 517 g/mol. The zero-order valence-electron chi connectivity index (χ0n) is 20.9. The lowest BCUT2D eigenvalue weighted by Crippen LogP contribution is -2.50. The lowest BCUT2D eigenvalue weighted by molar-refractivity contribution is -0.133. The molecule has 37 heavy (non-hydrogen) atoms. The molecule has 2 saturated heterocycles. The molecule has 7 nitrogen and oxygen atoms in total. The molecule has 0 radical (unpaired) electrons. The molecule has 2 N–H and O–H groups in total. The second-order valence-electron chi connectivity index (χ2n) is 10.3. The van der Waals surface area contributed by atoms with Crippen molar-refractivity contribution in [3.05, 3.63) is 59.2 Å². The van der Waals surface area contributed by atoms with Gasteiger partial charge in [0, 0.05) is 74.6 Å². The Kier molecular flexibility index (Phi) is 8.26. The van der Waals surface area contributed by atoms with Gasteiger partial charge in [0.1, 0.15) is 12.4 Å². The fraction of sp³-hybridized carbons (Fsp3) is 0.556. The van der Waals surface area contributed by atoms with Crippen molar-refractivity contribution in [3.63, 3.8) is 0 Å². The van der Waals surface area contributed by atoms with E-state index < -0.39 is 17.6 Å². The van der Waals surface area contributed by atoms with Crippen LogP contribution in [0.5, 0.6) is 5.75 Å². The molecule has 3 aliphatic rings. The molecule has 3 fully saturated rings. The molecule has 2 aliphatic heterocycles. The van der Waals surface area contributed by atoms with Crippen molar-refractivity contribution in [3.8, 4) is 5.75 Å². The predicted molar refractivity (Wildman–Crippen MR) is 133 cm³/mol. The van der Waals surface area contributed by atoms with Crippen molar-refractivity contribution in [1.29, 1.82) is 0 Å². The molecule has 0 spiro atoms. The molecule has 10 heteroatoms. The van der Waals surface area contributed by atoms with Crippen LogP contribution in [0.1, 0.15) is 36.3 Å². The predicted octanol–water partition coefficient (Wildman–Crippen LogP) is 2.67. The fourth-order valence-corrected chi connectivity index (χ4v) is 5.31. The number of nitrogens with zero attached hydrogens (tertiary/aromatic N) is 3. The van der Waals surface area contributed by atoms with Crippen molar-refractivity contribution in [2.45, 2.75) is 37.8 Å². The Morgan fingerprint density at radius 1 is 1.14 bits per heavy atom. The highest BCUT2D eigenvalue weighted by Crippen LogP contribution is 2.46. The number of ether oxygens (including phenoxy) is 1. The summed E-state index contributed by atoms with van der Waals surface area (Å²) < 4.78 is 48.2. The van der Waals surface area contributed by atoms with E-state index in [4.69, 9.17) is 4.74 Å². The van der Waals surface area contributed by atoms with Crippen LogP contribution in [-0.2, 0) is 11.4 Å². The smallest absolute Gasteiger partial charge is 0.236 e. The van der Waals surface area contributed by atoms with Gasteiger partial charge in [0.2, 0.25) is 11.9 Å². The van der Waals surface area contributed by atoms with Crippen LogP contribution in [0.4, 0.5) is 13.2 Å². The number of likely N-dealkylation sites (tertiary alicyclic amines) is 1. The molecule has 200 valence electrons. The molecule has 5 rings (SSSR count).